The summed E-state index contributed by atoms with van der Waals surface area (Å²) in [6.07, 6.45) is 0. The van der Waals surface area contributed by atoms with Crippen molar-refractivity contribution in [1.29, 1.82) is 0 Å². The van der Waals surface area contributed by atoms with E-state index in [0.717, 1.165) is 0 Å². The molecule has 0 saturated heterocycles. The molecule has 26 heavy (non-hydrogen) atoms. The number of carbonyl (C=O) groups is 1. The molecule has 0 spiro atoms. The zero-order valence-electron chi connectivity index (χ0n) is 15.1. The number of furan rings is 1. The molecule has 0 saturated carbocycles. The van der Waals surface area contributed by atoms with Crippen LogP contribution in [0, 0.1) is 13.8 Å². The van der Waals surface area contributed by atoms with Gasteiger partial charge in [-0.05, 0) is 19.9 Å². The predicted molar refractivity (Wildman–Crippen MR) is 94.1 cm³/mol. The summed E-state index contributed by atoms with van der Waals surface area (Å²) in [4.78, 5) is 23.5. The van der Waals surface area contributed by atoms with Gasteiger partial charge in [-0.25, -0.2) is 4.79 Å². The van der Waals surface area contributed by atoms with E-state index in [2.05, 4.69) is 0 Å². The van der Waals surface area contributed by atoms with Gasteiger partial charge in [-0.1, -0.05) is 0 Å². The normalized spacial score (nSPS) is 10.8. The molecule has 3 rings (SSSR count). The lowest BCUT2D eigenvalue weighted by atomic mass is 10.1. The van der Waals surface area contributed by atoms with Crippen LogP contribution in [0.5, 0.6) is 17.2 Å². The molecule has 0 aliphatic heterocycles. The molecule has 7 nitrogen and oxygen atoms in total. The second-order valence-electron chi connectivity index (χ2n) is 5.74. The molecule has 0 radical (unpaired) electrons. The van der Waals surface area contributed by atoms with Gasteiger partial charge in [0, 0.05) is 24.6 Å². The van der Waals surface area contributed by atoms with E-state index in [-0.39, 0.29) is 17.1 Å². The minimum absolute atomic E-state index is 0.175. The number of benzene rings is 1. The Morgan fingerprint density at radius 3 is 2.35 bits per heavy atom. The first-order chi connectivity index (χ1) is 12.3. The SMILES string of the molecule is COc1cc(OC)c2cc(-c3oc(=O)c(C)c(OC(C)=O)c3C)oc2c1. The first-order valence-electron chi connectivity index (χ1n) is 7.84. The number of fused-ring (bicyclic) bond motifs is 1. The largest absolute Gasteiger partial charge is 0.496 e. The van der Waals surface area contributed by atoms with Crippen LogP contribution in [0.2, 0.25) is 0 Å². The summed E-state index contributed by atoms with van der Waals surface area (Å²) >= 11 is 0. The van der Waals surface area contributed by atoms with Crippen LogP contribution in [0.1, 0.15) is 18.1 Å². The molecule has 0 aliphatic carbocycles. The van der Waals surface area contributed by atoms with Gasteiger partial charge < -0.3 is 23.0 Å². The van der Waals surface area contributed by atoms with E-state index in [1.54, 1.807) is 32.2 Å². The maximum atomic E-state index is 12.2. The van der Waals surface area contributed by atoms with Crippen LogP contribution in [0.3, 0.4) is 0 Å². The van der Waals surface area contributed by atoms with Gasteiger partial charge in [0.25, 0.3) is 0 Å². The zero-order chi connectivity index (χ0) is 19.0. The lowest BCUT2D eigenvalue weighted by Gasteiger charge is -2.10. The van der Waals surface area contributed by atoms with Gasteiger partial charge >= 0.3 is 11.6 Å². The summed E-state index contributed by atoms with van der Waals surface area (Å²) in [5, 5.41) is 0.694. The van der Waals surface area contributed by atoms with Crippen LogP contribution in [0.4, 0.5) is 0 Å². The van der Waals surface area contributed by atoms with Crippen molar-refractivity contribution in [3.05, 3.63) is 39.7 Å². The highest BCUT2D eigenvalue weighted by Crippen LogP contribution is 2.39. The van der Waals surface area contributed by atoms with Crippen molar-refractivity contribution in [2.45, 2.75) is 20.8 Å². The Morgan fingerprint density at radius 2 is 1.73 bits per heavy atom. The first kappa shape index (κ1) is 17.6. The van der Waals surface area contributed by atoms with Crippen LogP contribution >= 0.6 is 0 Å². The lowest BCUT2D eigenvalue weighted by Crippen LogP contribution is -2.12. The highest BCUT2D eigenvalue weighted by atomic mass is 16.5. The van der Waals surface area contributed by atoms with Crippen molar-refractivity contribution in [2.75, 3.05) is 14.2 Å². The second kappa shape index (κ2) is 6.59. The van der Waals surface area contributed by atoms with E-state index in [1.807, 2.05) is 0 Å². The Bertz CT molecular complexity index is 1060. The quantitative estimate of drug-likeness (QED) is 0.658. The topological polar surface area (TPSA) is 88.1 Å². The van der Waals surface area contributed by atoms with Gasteiger partial charge in [0.1, 0.15) is 22.8 Å². The molecule has 2 heterocycles. The van der Waals surface area contributed by atoms with Crippen molar-refractivity contribution in [2.24, 2.45) is 0 Å². The van der Waals surface area contributed by atoms with Crippen molar-refractivity contribution in [3.63, 3.8) is 0 Å². The third-order valence-electron chi connectivity index (χ3n) is 4.02. The van der Waals surface area contributed by atoms with Gasteiger partial charge in [0.05, 0.1) is 25.2 Å². The summed E-state index contributed by atoms with van der Waals surface area (Å²) < 4.78 is 27.0. The molecule has 0 aliphatic rings. The fraction of sp³-hybridized carbons (Fsp3) is 0.263. The highest BCUT2D eigenvalue weighted by molar-refractivity contribution is 5.89. The molecule has 7 heteroatoms. The molecule has 136 valence electrons. The number of rotatable bonds is 4. The Morgan fingerprint density at radius 1 is 1.00 bits per heavy atom. The van der Waals surface area contributed by atoms with Crippen LogP contribution in [0.15, 0.2) is 31.8 Å². The number of hydrogen-bond acceptors (Lipinski definition) is 7. The summed E-state index contributed by atoms with van der Waals surface area (Å²) in [6.45, 7) is 4.49. The average molecular weight is 358 g/mol. The summed E-state index contributed by atoms with van der Waals surface area (Å²) in [7, 11) is 3.08. The van der Waals surface area contributed by atoms with Gasteiger partial charge in [0.2, 0.25) is 0 Å². The van der Waals surface area contributed by atoms with E-state index < -0.39 is 11.6 Å². The third kappa shape index (κ3) is 2.92. The molecule has 0 bridgehead atoms. The minimum Gasteiger partial charge on any atom is -0.496 e. The molecule has 0 atom stereocenters. The Kier molecular flexibility index (Phi) is 4.46. The number of esters is 1. The van der Waals surface area contributed by atoms with E-state index in [4.69, 9.17) is 23.0 Å². The number of methoxy groups -OCH3 is 2. The Balaban J connectivity index is 2.25. The number of hydrogen-bond donors (Lipinski definition) is 0. The Labute approximate surface area is 149 Å². The summed E-state index contributed by atoms with van der Waals surface area (Å²) in [5.74, 6) is 1.28. The van der Waals surface area contributed by atoms with Gasteiger partial charge in [-0.2, -0.15) is 0 Å². The molecule has 0 unspecified atom stereocenters. The lowest BCUT2D eigenvalue weighted by molar-refractivity contribution is -0.132. The minimum atomic E-state index is -0.605. The summed E-state index contributed by atoms with van der Waals surface area (Å²) in [5.41, 5.74) is 0.610. The predicted octanol–water partition coefficient (Wildman–Crippen LogP) is 3.61. The number of ether oxygens (including phenoxy) is 3. The molecule has 3 aromatic rings. The fourth-order valence-corrected chi connectivity index (χ4v) is 2.74. The van der Waals surface area contributed by atoms with Crippen molar-refractivity contribution in [3.8, 4) is 28.8 Å². The maximum absolute atomic E-state index is 12.2. The molecular formula is C19H18O7. The maximum Gasteiger partial charge on any atom is 0.343 e. The van der Waals surface area contributed by atoms with Crippen molar-refractivity contribution >= 4 is 16.9 Å². The van der Waals surface area contributed by atoms with Crippen LogP contribution in [0.25, 0.3) is 22.5 Å². The van der Waals surface area contributed by atoms with E-state index in [0.29, 0.717) is 33.8 Å². The third-order valence-corrected chi connectivity index (χ3v) is 4.02. The first-order valence-corrected chi connectivity index (χ1v) is 7.84. The monoisotopic (exact) mass is 358 g/mol. The van der Waals surface area contributed by atoms with E-state index in [1.165, 1.54) is 21.0 Å². The smallest absolute Gasteiger partial charge is 0.343 e. The molecule has 0 N–H and O–H groups in total. The molecular weight excluding hydrogens is 340 g/mol. The zero-order valence-corrected chi connectivity index (χ0v) is 15.1. The average Bonchev–Trinajstić information content (AvgIpc) is 3.04. The molecule has 0 amide bonds. The molecule has 1 aromatic carbocycles. The standard InChI is InChI=1S/C19H18O7/c1-9-17(24-11(3)20)10(2)19(21)26-18(9)16-8-13-14(23-5)6-12(22-4)7-15(13)25-16/h6-8H,1-5H3. The van der Waals surface area contributed by atoms with Gasteiger partial charge in [0.15, 0.2) is 11.5 Å². The van der Waals surface area contributed by atoms with E-state index >= 15 is 0 Å². The van der Waals surface area contributed by atoms with Crippen LogP contribution < -0.4 is 19.8 Å². The highest BCUT2D eigenvalue weighted by Gasteiger charge is 2.22. The number of carbonyl (C=O) groups excluding carboxylic acids is 1. The van der Waals surface area contributed by atoms with Gasteiger partial charge in [-0.15, -0.1) is 0 Å². The van der Waals surface area contributed by atoms with Crippen molar-refractivity contribution in [1.82, 2.24) is 0 Å². The summed E-state index contributed by atoms with van der Waals surface area (Å²) in [6, 6.07) is 5.13. The fourth-order valence-electron chi connectivity index (χ4n) is 2.74. The van der Waals surface area contributed by atoms with E-state index in [9.17, 15) is 9.59 Å². The second-order valence-corrected chi connectivity index (χ2v) is 5.74. The Hall–Kier alpha value is -3.22. The van der Waals surface area contributed by atoms with Gasteiger partial charge in [-0.3, -0.25) is 4.79 Å². The van der Waals surface area contributed by atoms with Crippen LogP contribution in [-0.4, -0.2) is 20.2 Å². The molecule has 2 aromatic heterocycles. The molecule has 0 fully saturated rings. The van der Waals surface area contributed by atoms with Crippen LogP contribution in [-0.2, 0) is 4.79 Å². The van der Waals surface area contributed by atoms with Crippen molar-refractivity contribution < 1.29 is 27.8 Å².